The summed E-state index contributed by atoms with van der Waals surface area (Å²) in [5.41, 5.74) is 10.5. The monoisotopic (exact) mass is 379 g/mol. The number of hydrogen-bond donors (Lipinski definition) is 3. The normalized spacial score (nSPS) is 15.2. The topological polar surface area (TPSA) is 91.7 Å². The molecule has 1 fully saturated rings. The Hall–Kier alpha value is -2.83. The lowest BCUT2D eigenvalue weighted by Gasteiger charge is -2.28. The molecule has 0 atom stereocenters. The first-order valence-corrected chi connectivity index (χ1v) is 9.57. The van der Waals surface area contributed by atoms with E-state index in [4.69, 9.17) is 10.2 Å². The van der Waals surface area contributed by atoms with E-state index in [-0.39, 0.29) is 11.4 Å². The molecule has 6 heteroatoms. The standard InChI is InChI=1S/C22H25N3O3/c1-14-15(3-2-4-20(14)23)11-18-19(13-25-9-7-24-8-10-25)17-6-5-16(26)12-21(17)28-22(18)27/h2-6,12,24,26H,7-11,13,23H2,1H3. The second kappa shape index (κ2) is 7.66. The average Bonchev–Trinajstić information content (AvgIpc) is 2.68. The maximum absolute atomic E-state index is 12.9. The van der Waals surface area contributed by atoms with E-state index >= 15 is 0 Å². The fourth-order valence-electron chi connectivity index (χ4n) is 3.83. The third-order valence-corrected chi connectivity index (χ3v) is 5.55. The van der Waals surface area contributed by atoms with Crippen molar-refractivity contribution in [3.63, 3.8) is 0 Å². The SMILES string of the molecule is Cc1c(N)cccc1Cc1c(CN2CCNCC2)c2ccc(O)cc2oc1=O. The zero-order valence-corrected chi connectivity index (χ0v) is 16.0. The molecule has 4 rings (SSSR count). The van der Waals surface area contributed by atoms with Gasteiger partial charge in [-0.05, 0) is 41.8 Å². The first kappa shape index (κ1) is 18.5. The van der Waals surface area contributed by atoms with Crippen LogP contribution in [0.1, 0.15) is 22.3 Å². The van der Waals surface area contributed by atoms with Gasteiger partial charge in [0.15, 0.2) is 0 Å². The molecular formula is C22H25N3O3. The van der Waals surface area contributed by atoms with E-state index in [2.05, 4.69) is 10.2 Å². The van der Waals surface area contributed by atoms with Crippen LogP contribution in [0.4, 0.5) is 5.69 Å². The molecule has 0 amide bonds. The molecule has 1 aliphatic heterocycles. The quantitative estimate of drug-likeness (QED) is 0.476. The van der Waals surface area contributed by atoms with E-state index in [0.717, 1.165) is 53.9 Å². The maximum Gasteiger partial charge on any atom is 0.340 e. The van der Waals surface area contributed by atoms with Crippen LogP contribution in [0.2, 0.25) is 0 Å². The van der Waals surface area contributed by atoms with Crippen molar-refractivity contribution in [3.05, 3.63) is 69.1 Å². The maximum atomic E-state index is 12.9. The van der Waals surface area contributed by atoms with Gasteiger partial charge >= 0.3 is 5.63 Å². The van der Waals surface area contributed by atoms with Crippen LogP contribution in [0.15, 0.2) is 45.6 Å². The number of fused-ring (bicyclic) bond motifs is 1. The van der Waals surface area contributed by atoms with E-state index in [9.17, 15) is 9.90 Å². The van der Waals surface area contributed by atoms with Crippen LogP contribution in [0.3, 0.4) is 0 Å². The van der Waals surface area contributed by atoms with Crippen LogP contribution in [-0.4, -0.2) is 36.2 Å². The third-order valence-electron chi connectivity index (χ3n) is 5.55. The number of piperazine rings is 1. The minimum atomic E-state index is -0.356. The van der Waals surface area contributed by atoms with Gasteiger partial charge in [-0.25, -0.2) is 4.79 Å². The van der Waals surface area contributed by atoms with Crippen molar-refractivity contribution in [2.24, 2.45) is 0 Å². The van der Waals surface area contributed by atoms with Gasteiger partial charge in [0.1, 0.15) is 11.3 Å². The highest BCUT2D eigenvalue weighted by Crippen LogP contribution is 2.28. The van der Waals surface area contributed by atoms with Gasteiger partial charge in [-0.15, -0.1) is 0 Å². The Balaban J connectivity index is 1.84. The molecule has 0 radical (unpaired) electrons. The summed E-state index contributed by atoms with van der Waals surface area (Å²) in [6.45, 7) is 6.37. The highest BCUT2D eigenvalue weighted by atomic mass is 16.4. The minimum Gasteiger partial charge on any atom is -0.508 e. The van der Waals surface area contributed by atoms with E-state index in [1.807, 2.05) is 31.2 Å². The summed E-state index contributed by atoms with van der Waals surface area (Å²) >= 11 is 0. The highest BCUT2D eigenvalue weighted by molar-refractivity contribution is 5.82. The van der Waals surface area contributed by atoms with Crippen LogP contribution in [0.25, 0.3) is 11.0 Å². The van der Waals surface area contributed by atoms with E-state index in [1.165, 1.54) is 6.07 Å². The Morgan fingerprint density at radius 2 is 1.96 bits per heavy atom. The Labute approximate surface area is 163 Å². The number of nitrogen functional groups attached to an aromatic ring is 1. The summed E-state index contributed by atoms with van der Waals surface area (Å²) in [4.78, 5) is 15.2. The average molecular weight is 379 g/mol. The molecule has 0 aliphatic carbocycles. The number of anilines is 1. The van der Waals surface area contributed by atoms with E-state index in [0.29, 0.717) is 24.1 Å². The summed E-state index contributed by atoms with van der Waals surface area (Å²) in [5, 5.41) is 14.0. The zero-order valence-electron chi connectivity index (χ0n) is 16.0. The van der Waals surface area contributed by atoms with Crippen LogP contribution in [0.5, 0.6) is 5.75 Å². The molecule has 3 aromatic rings. The Kier molecular flexibility index (Phi) is 5.07. The molecule has 28 heavy (non-hydrogen) atoms. The van der Waals surface area contributed by atoms with E-state index in [1.54, 1.807) is 6.07 Å². The van der Waals surface area contributed by atoms with Gasteiger partial charge in [0.2, 0.25) is 0 Å². The molecule has 1 aromatic heterocycles. The summed E-state index contributed by atoms with van der Waals surface area (Å²) in [6.07, 6.45) is 0.470. The summed E-state index contributed by atoms with van der Waals surface area (Å²) in [7, 11) is 0. The van der Waals surface area contributed by atoms with Gasteiger partial charge in [0, 0.05) is 61.8 Å². The zero-order chi connectivity index (χ0) is 19.7. The van der Waals surface area contributed by atoms with Crippen molar-refractivity contribution >= 4 is 16.7 Å². The molecule has 0 bridgehead atoms. The summed E-state index contributed by atoms with van der Waals surface area (Å²) in [6, 6.07) is 10.8. The van der Waals surface area contributed by atoms with Gasteiger partial charge in [-0.2, -0.15) is 0 Å². The van der Waals surface area contributed by atoms with Gasteiger partial charge in [0.25, 0.3) is 0 Å². The highest BCUT2D eigenvalue weighted by Gasteiger charge is 2.20. The molecule has 0 spiro atoms. The number of phenols is 1. The molecule has 2 heterocycles. The fourth-order valence-corrected chi connectivity index (χ4v) is 3.83. The minimum absolute atomic E-state index is 0.0863. The van der Waals surface area contributed by atoms with Crippen LogP contribution in [0, 0.1) is 6.92 Å². The number of nitrogens with one attached hydrogen (secondary N) is 1. The third kappa shape index (κ3) is 3.61. The number of rotatable bonds is 4. The van der Waals surface area contributed by atoms with Gasteiger partial charge in [0.05, 0.1) is 0 Å². The lowest BCUT2D eigenvalue weighted by Crippen LogP contribution is -2.43. The van der Waals surface area contributed by atoms with Crippen LogP contribution in [-0.2, 0) is 13.0 Å². The number of phenolic OH excluding ortho intramolecular Hbond substituents is 1. The van der Waals surface area contributed by atoms with Crippen LogP contribution < -0.4 is 16.7 Å². The number of aromatic hydroxyl groups is 1. The van der Waals surface area contributed by atoms with Crippen molar-refractivity contribution in [1.82, 2.24) is 10.2 Å². The van der Waals surface area contributed by atoms with Crippen molar-refractivity contribution in [1.29, 1.82) is 0 Å². The summed E-state index contributed by atoms with van der Waals surface area (Å²) < 4.78 is 5.57. The smallest absolute Gasteiger partial charge is 0.340 e. The van der Waals surface area contributed by atoms with Gasteiger partial charge in [-0.1, -0.05) is 12.1 Å². The fraction of sp³-hybridized carbons (Fsp3) is 0.318. The largest absolute Gasteiger partial charge is 0.508 e. The van der Waals surface area contributed by atoms with Crippen molar-refractivity contribution in [2.75, 3.05) is 31.9 Å². The molecule has 6 nitrogen and oxygen atoms in total. The van der Waals surface area contributed by atoms with E-state index < -0.39 is 0 Å². The lowest BCUT2D eigenvalue weighted by atomic mass is 9.95. The van der Waals surface area contributed by atoms with Crippen molar-refractivity contribution in [2.45, 2.75) is 19.9 Å². The second-order valence-corrected chi connectivity index (χ2v) is 7.36. The number of nitrogens with zero attached hydrogens (tertiary/aromatic N) is 1. The number of hydrogen-bond acceptors (Lipinski definition) is 6. The van der Waals surface area contributed by atoms with Crippen molar-refractivity contribution in [3.8, 4) is 5.75 Å². The molecule has 0 unspecified atom stereocenters. The molecule has 1 aliphatic rings. The second-order valence-electron chi connectivity index (χ2n) is 7.36. The molecule has 1 saturated heterocycles. The molecule has 2 aromatic carbocycles. The molecule has 0 saturated carbocycles. The Morgan fingerprint density at radius 1 is 1.18 bits per heavy atom. The predicted octanol–water partition coefficient (Wildman–Crippen LogP) is 2.39. The molecule has 4 N–H and O–H groups in total. The number of nitrogens with two attached hydrogens (primary N) is 1. The van der Waals surface area contributed by atoms with Gasteiger partial charge < -0.3 is 20.6 Å². The van der Waals surface area contributed by atoms with Gasteiger partial charge in [-0.3, -0.25) is 4.90 Å². The number of benzene rings is 2. The predicted molar refractivity (Wildman–Crippen MR) is 111 cm³/mol. The molecule has 146 valence electrons. The Bertz CT molecular complexity index is 1070. The lowest BCUT2D eigenvalue weighted by molar-refractivity contribution is 0.233. The van der Waals surface area contributed by atoms with Crippen LogP contribution >= 0.6 is 0 Å². The molecular weight excluding hydrogens is 354 g/mol. The Morgan fingerprint density at radius 3 is 2.75 bits per heavy atom. The summed E-state index contributed by atoms with van der Waals surface area (Å²) in [5.74, 6) is 0.0863. The van der Waals surface area contributed by atoms with Crippen molar-refractivity contribution < 1.29 is 9.52 Å². The first-order valence-electron chi connectivity index (χ1n) is 9.57. The first-order chi connectivity index (χ1) is 13.5.